The zero-order valence-electron chi connectivity index (χ0n) is 14.3. The summed E-state index contributed by atoms with van der Waals surface area (Å²) in [4.78, 5) is 13.8. The van der Waals surface area contributed by atoms with E-state index in [9.17, 15) is 9.90 Å². The van der Waals surface area contributed by atoms with E-state index in [1.54, 1.807) is 6.07 Å². The molecule has 1 N–H and O–H groups in total. The van der Waals surface area contributed by atoms with Crippen LogP contribution in [-0.4, -0.2) is 36.1 Å². The molecule has 0 radical (unpaired) electrons. The van der Waals surface area contributed by atoms with Crippen LogP contribution in [0.4, 0.5) is 0 Å². The Hall–Kier alpha value is -2.59. The molecule has 4 rings (SSSR count). The van der Waals surface area contributed by atoms with E-state index in [0.29, 0.717) is 12.2 Å². The number of ether oxygens (including phenoxy) is 1. The van der Waals surface area contributed by atoms with Crippen LogP contribution >= 0.6 is 0 Å². The number of rotatable bonds is 1. The van der Waals surface area contributed by atoms with Gasteiger partial charge >= 0.3 is 5.97 Å². The van der Waals surface area contributed by atoms with Gasteiger partial charge in [0.15, 0.2) is 0 Å². The van der Waals surface area contributed by atoms with Crippen molar-refractivity contribution in [1.29, 1.82) is 0 Å². The van der Waals surface area contributed by atoms with Crippen LogP contribution in [0.5, 0.6) is 5.75 Å². The molecule has 1 fully saturated rings. The smallest absolute Gasteiger partial charge is 0.335 e. The fourth-order valence-electron chi connectivity index (χ4n) is 3.69. The molecular formula is C21H21NO3. The Kier molecular flexibility index (Phi) is 4.06. The molecule has 4 heteroatoms. The monoisotopic (exact) mass is 335 g/mol. The average Bonchev–Trinajstić information content (AvgIpc) is 2.79. The van der Waals surface area contributed by atoms with E-state index >= 15 is 0 Å². The summed E-state index contributed by atoms with van der Waals surface area (Å²) < 4.78 is 6.03. The summed E-state index contributed by atoms with van der Waals surface area (Å²) in [5.74, 6) is -0.0222. The number of likely N-dealkylation sites (tertiary alicyclic amines) is 1. The third kappa shape index (κ3) is 2.94. The summed E-state index contributed by atoms with van der Waals surface area (Å²) in [6.07, 6.45) is 1.99. The third-order valence-corrected chi connectivity index (χ3v) is 5.11. The number of carboxylic acid groups (broad SMARTS) is 1. The van der Waals surface area contributed by atoms with Gasteiger partial charge in [-0.25, -0.2) is 4.79 Å². The molecule has 128 valence electrons. The van der Waals surface area contributed by atoms with Crippen LogP contribution in [0.25, 0.3) is 5.57 Å². The van der Waals surface area contributed by atoms with Crippen LogP contribution < -0.4 is 4.74 Å². The number of hydrogen-bond donors (Lipinski definition) is 1. The Balaban J connectivity index is 1.95. The highest BCUT2D eigenvalue weighted by molar-refractivity contribution is 5.92. The van der Waals surface area contributed by atoms with Gasteiger partial charge in [-0.3, -0.25) is 0 Å². The number of para-hydroxylation sites is 1. The van der Waals surface area contributed by atoms with Crippen molar-refractivity contribution in [2.24, 2.45) is 0 Å². The van der Waals surface area contributed by atoms with Gasteiger partial charge in [-0.2, -0.15) is 0 Å². The van der Waals surface area contributed by atoms with Gasteiger partial charge in [-0.05, 0) is 54.8 Å². The molecule has 0 bridgehead atoms. The van der Waals surface area contributed by atoms with Gasteiger partial charge in [0, 0.05) is 18.7 Å². The van der Waals surface area contributed by atoms with Crippen LogP contribution in [0.1, 0.15) is 39.9 Å². The molecule has 2 aromatic rings. The Bertz CT molecular complexity index is 859. The lowest BCUT2D eigenvalue weighted by molar-refractivity contribution is 0.0697. The Morgan fingerprint density at radius 2 is 1.84 bits per heavy atom. The topological polar surface area (TPSA) is 49.8 Å². The van der Waals surface area contributed by atoms with Gasteiger partial charge in [0.2, 0.25) is 0 Å². The molecule has 4 nitrogen and oxygen atoms in total. The predicted octanol–water partition coefficient (Wildman–Crippen LogP) is 3.80. The second-order valence-corrected chi connectivity index (χ2v) is 6.74. The van der Waals surface area contributed by atoms with Crippen LogP contribution in [-0.2, 0) is 6.61 Å². The second-order valence-electron chi connectivity index (χ2n) is 6.74. The number of fused-ring (bicyclic) bond motifs is 2. The van der Waals surface area contributed by atoms with E-state index in [1.807, 2.05) is 30.3 Å². The highest BCUT2D eigenvalue weighted by atomic mass is 16.5. The second kappa shape index (κ2) is 6.37. The first-order chi connectivity index (χ1) is 12.1. The number of nitrogens with zero attached hydrogens (tertiary/aromatic N) is 1. The fourth-order valence-corrected chi connectivity index (χ4v) is 3.69. The van der Waals surface area contributed by atoms with Gasteiger partial charge in [0.05, 0.1) is 5.56 Å². The summed E-state index contributed by atoms with van der Waals surface area (Å²) in [6, 6.07) is 13.4. The molecule has 0 aromatic heterocycles. The number of piperidine rings is 1. The number of aromatic carboxylic acids is 1. The van der Waals surface area contributed by atoms with Crippen molar-refractivity contribution in [3.63, 3.8) is 0 Å². The number of benzene rings is 2. The van der Waals surface area contributed by atoms with E-state index in [1.165, 1.54) is 11.1 Å². The van der Waals surface area contributed by atoms with E-state index in [0.717, 1.165) is 48.4 Å². The van der Waals surface area contributed by atoms with Crippen molar-refractivity contribution in [1.82, 2.24) is 4.90 Å². The summed E-state index contributed by atoms with van der Waals surface area (Å²) >= 11 is 0. The van der Waals surface area contributed by atoms with E-state index in [-0.39, 0.29) is 0 Å². The first-order valence-electron chi connectivity index (χ1n) is 8.63. The quantitative estimate of drug-likeness (QED) is 0.861. The zero-order valence-corrected chi connectivity index (χ0v) is 14.3. The number of carboxylic acids is 1. The zero-order chi connectivity index (χ0) is 17.4. The minimum absolute atomic E-state index is 0.323. The van der Waals surface area contributed by atoms with Crippen LogP contribution in [0, 0.1) is 0 Å². The molecule has 2 aromatic carbocycles. The van der Waals surface area contributed by atoms with Gasteiger partial charge < -0.3 is 14.7 Å². The largest absolute Gasteiger partial charge is 0.488 e. The molecule has 2 heterocycles. The van der Waals surface area contributed by atoms with Crippen molar-refractivity contribution in [2.75, 3.05) is 20.1 Å². The third-order valence-electron chi connectivity index (χ3n) is 5.11. The summed E-state index contributed by atoms with van der Waals surface area (Å²) in [6.45, 7) is 2.51. The van der Waals surface area contributed by atoms with Gasteiger partial charge in [0.1, 0.15) is 12.4 Å². The summed E-state index contributed by atoms with van der Waals surface area (Å²) in [5, 5.41) is 9.43. The molecule has 0 aliphatic carbocycles. The van der Waals surface area contributed by atoms with Crippen LogP contribution in [0.15, 0.2) is 48.0 Å². The molecule has 2 aliphatic rings. The Morgan fingerprint density at radius 1 is 1.08 bits per heavy atom. The molecule has 0 unspecified atom stereocenters. The minimum Gasteiger partial charge on any atom is -0.488 e. The maximum Gasteiger partial charge on any atom is 0.335 e. The molecule has 0 spiro atoms. The molecular weight excluding hydrogens is 314 g/mol. The lowest BCUT2D eigenvalue weighted by atomic mass is 9.86. The molecule has 0 atom stereocenters. The highest BCUT2D eigenvalue weighted by Crippen LogP contribution is 2.41. The summed E-state index contributed by atoms with van der Waals surface area (Å²) in [7, 11) is 2.14. The first-order valence-corrected chi connectivity index (χ1v) is 8.63. The van der Waals surface area contributed by atoms with Crippen molar-refractivity contribution in [2.45, 2.75) is 19.4 Å². The first kappa shape index (κ1) is 15.9. The van der Waals surface area contributed by atoms with E-state index < -0.39 is 5.97 Å². The SMILES string of the molecule is CN1CCC(=C2c3cc(C(=O)O)ccc3COc3ccccc32)CC1. The van der Waals surface area contributed by atoms with Crippen molar-refractivity contribution < 1.29 is 14.6 Å². The molecule has 2 aliphatic heterocycles. The normalized spacial score (nSPS) is 17.3. The number of hydrogen-bond acceptors (Lipinski definition) is 3. The van der Waals surface area contributed by atoms with Crippen LogP contribution in [0.3, 0.4) is 0 Å². The van der Waals surface area contributed by atoms with E-state index in [4.69, 9.17) is 4.74 Å². The lowest BCUT2D eigenvalue weighted by Gasteiger charge is -2.27. The Morgan fingerprint density at radius 3 is 2.60 bits per heavy atom. The van der Waals surface area contributed by atoms with Crippen LogP contribution in [0.2, 0.25) is 0 Å². The van der Waals surface area contributed by atoms with Crippen molar-refractivity contribution in [3.8, 4) is 5.75 Å². The minimum atomic E-state index is -0.894. The fraction of sp³-hybridized carbons (Fsp3) is 0.286. The standard InChI is InChI=1S/C21H21NO3/c1-22-10-8-14(9-11-22)20-17-4-2-3-5-19(17)25-13-16-7-6-15(21(23)24)12-18(16)20/h2-7,12H,8-11,13H2,1H3,(H,23,24). The maximum atomic E-state index is 11.5. The average molecular weight is 335 g/mol. The summed E-state index contributed by atoms with van der Waals surface area (Å²) in [5.41, 5.74) is 6.00. The molecule has 0 amide bonds. The molecule has 0 saturated carbocycles. The van der Waals surface area contributed by atoms with Gasteiger partial charge in [0.25, 0.3) is 0 Å². The predicted molar refractivity (Wildman–Crippen MR) is 96.9 cm³/mol. The Labute approximate surface area is 147 Å². The lowest BCUT2D eigenvalue weighted by Crippen LogP contribution is -2.27. The number of carbonyl (C=O) groups is 1. The van der Waals surface area contributed by atoms with Crippen molar-refractivity contribution in [3.05, 3.63) is 70.3 Å². The molecule has 25 heavy (non-hydrogen) atoms. The molecule has 1 saturated heterocycles. The van der Waals surface area contributed by atoms with Crippen molar-refractivity contribution >= 4 is 11.5 Å². The van der Waals surface area contributed by atoms with E-state index in [2.05, 4.69) is 18.0 Å². The van der Waals surface area contributed by atoms with Gasteiger partial charge in [-0.15, -0.1) is 0 Å². The maximum absolute atomic E-state index is 11.5. The highest BCUT2D eigenvalue weighted by Gasteiger charge is 2.24. The van der Waals surface area contributed by atoms with Gasteiger partial charge in [-0.1, -0.05) is 29.8 Å².